The molecule has 0 radical (unpaired) electrons. The van der Waals surface area contributed by atoms with Crippen LogP contribution in [0.1, 0.15) is 5.56 Å². The number of anilines is 1. The summed E-state index contributed by atoms with van der Waals surface area (Å²) in [5.41, 5.74) is 7.24. The largest absolute Gasteiger partial charge is 0.390 e. The molecule has 1 rings (SSSR count). The van der Waals surface area contributed by atoms with Gasteiger partial charge in [0.2, 0.25) is 0 Å². The quantitative estimate of drug-likeness (QED) is 0.710. The molecule has 78 valence electrons. The Morgan fingerprint density at radius 3 is 2.86 bits per heavy atom. The summed E-state index contributed by atoms with van der Waals surface area (Å²) in [6.07, 6.45) is -0.508. The van der Waals surface area contributed by atoms with Crippen LogP contribution in [0.4, 0.5) is 5.69 Å². The van der Waals surface area contributed by atoms with Gasteiger partial charge in [0.05, 0.1) is 6.10 Å². The SMILES string of the molecule is Cc1cc(NCC(O)CN)ccc1Cl. The summed E-state index contributed by atoms with van der Waals surface area (Å²) < 4.78 is 0. The first-order chi connectivity index (χ1) is 6.63. The van der Waals surface area contributed by atoms with Gasteiger partial charge in [0, 0.05) is 23.8 Å². The van der Waals surface area contributed by atoms with Crippen molar-refractivity contribution in [2.45, 2.75) is 13.0 Å². The topological polar surface area (TPSA) is 58.3 Å². The maximum Gasteiger partial charge on any atom is 0.0834 e. The van der Waals surface area contributed by atoms with Crippen LogP contribution in [0, 0.1) is 6.92 Å². The highest BCUT2D eigenvalue weighted by molar-refractivity contribution is 6.31. The monoisotopic (exact) mass is 214 g/mol. The van der Waals surface area contributed by atoms with Crippen LogP contribution in [0.3, 0.4) is 0 Å². The second-order valence-corrected chi connectivity index (χ2v) is 3.64. The third kappa shape index (κ3) is 3.18. The number of nitrogens with one attached hydrogen (secondary N) is 1. The first-order valence-corrected chi connectivity index (χ1v) is 4.89. The first-order valence-electron chi connectivity index (χ1n) is 4.51. The smallest absolute Gasteiger partial charge is 0.0834 e. The number of rotatable bonds is 4. The Kier molecular flexibility index (Phi) is 4.20. The minimum Gasteiger partial charge on any atom is -0.390 e. The molecule has 1 unspecified atom stereocenters. The van der Waals surface area contributed by atoms with E-state index in [1.807, 2.05) is 25.1 Å². The highest BCUT2D eigenvalue weighted by atomic mass is 35.5. The van der Waals surface area contributed by atoms with Crippen LogP contribution >= 0.6 is 11.6 Å². The van der Waals surface area contributed by atoms with Crippen LogP contribution < -0.4 is 11.1 Å². The Hall–Kier alpha value is -0.770. The minimum absolute atomic E-state index is 0.263. The molecule has 14 heavy (non-hydrogen) atoms. The van der Waals surface area contributed by atoms with Crippen molar-refractivity contribution in [3.8, 4) is 0 Å². The summed E-state index contributed by atoms with van der Waals surface area (Å²) >= 11 is 5.87. The first kappa shape index (κ1) is 11.3. The molecular formula is C10H15ClN2O. The lowest BCUT2D eigenvalue weighted by molar-refractivity contribution is 0.196. The van der Waals surface area contributed by atoms with E-state index >= 15 is 0 Å². The van der Waals surface area contributed by atoms with Gasteiger partial charge in [-0.05, 0) is 30.7 Å². The third-order valence-corrected chi connectivity index (χ3v) is 2.40. The van der Waals surface area contributed by atoms with Gasteiger partial charge in [0.1, 0.15) is 0 Å². The Morgan fingerprint density at radius 1 is 1.57 bits per heavy atom. The van der Waals surface area contributed by atoms with E-state index in [4.69, 9.17) is 17.3 Å². The molecule has 0 aliphatic rings. The molecule has 0 amide bonds. The number of benzene rings is 1. The zero-order chi connectivity index (χ0) is 10.6. The van der Waals surface area contributed by atoms with Gasteiger partial charge in [-0.15, -0.1) is 0 Å². The van der Waals surface area contributed by atoms with Crippen molar-refractivity contribution in [1.82, 2.24) is 0 Å². The molecule has 1 atom stereocenters. The van der Waals surface area contributed by atoms with Crippen LogP contribution in [0.25, 0.3) is 0 Å². The molecule has 0 aromatic heterocycles. The Balaban J connectivity index is 2.55. The predicted molar refractivity (Wildman–Crippen MR) is 59.7 cm³/mol. The molecule has 0 saturated carbocycles. The van der Waals surface area contributed by atoms with Gasteiger partial charge >= 0.3 is 0 Å². The van der Waals surface area contributed by atoms with Gasteiger partial charge in [-0.1, -0.05) is 11.6 Å². The Morgan fingerprint density at radius 2 is 2.29 bits per heavy atom. The van der Waals surface area contributed by atoms with E-state index in [2.05, 4.69) is 5.32 Å². The molecule has 1 aromatic carbocycles. The van der Waals surface area contributed by atoms with Crippen LogP contribution in [0.5, 0.6) is 0 Å². The maximum absolute atomic E-state index is 9.23. The molecule has 0 aliphatic heterocycles. The van der Waals surface area contributed by atoms with E-state index in [1.54, 1.807) is 0 Å². The number of halogens is 1. The van der Waals surface area contributed by atoms with Gasteiger partial charge in [0.15, 0.2) is 0 Å². The molecule has 0 bridgehead atoms. The van der Waals surface area contributed by atoms with Gasteiger partial charge in [-0.3, -0.25) is 0 Å². The second-order valence-electron chi connectivity index (χ2n) is 3.23. The Bertz CT molecular complexity index is 304. The summed E-state index contributed by atoms with van der Waals surface area (Å²) in [7, 11) is 0. The number of aryl methyl sites for hydroxylation is 1. The maximum atomic E-state index is 9.23. The van der Waals surface area contributed by atoms with Gasteiger partial charge in [0.25, 0.3) is 0 Å². The predicted octanol–water partition coefficient (Wildman–Crippen LogP) is 1.38. The normalized spacial score (nSPS) is 12.6. The van der Waals surface area contributed by atoms with Crippen molar-refractivity contribution in [2.24, 2.45) is 5.73 Å². The highest BCUT2D eigenvalue weighted by Gasteiger charge is 2.01. The van der Waals surface area contributed by atoms with E-state index in [9.17, 15) is 5.11 Å². The number of hydrogen-bond acceptors (Lipinski definition) is 3. The zero-order valence-electron chi connectivity index (χ0n) is 8.13. The van der Waals surface area contributed by atoms with E-state index < -0.39 is 6.10 Å². The molecule has 0 heterocycles. The molecule has 4 heteroatoms. The molecule has 0 saturated heterocycles. The van der Waals surface area contributed by atoms with Gasteiger partial charge < -0.3 is 16.2 Å². The van der Waals surface area contributed by atoms with Crippen molar-refractivity contribution in [3.05, 3.63) is 28.8 Å². The summed E-state index contributed by atoms with van der Waals surface area (Å²) in [4.78, 5) is 0. The van der Waals surface area contributed by atoms with Gasteiger partial charge in [-0.2, -0.15) is 0 Å². The molecule has 0 aliphatic carbocycles. The molecule has 3 nitrogen and oxygen atoms in total. The van der Waals surface area contributed by atoms with Crippen LogP contribution in [0.15, 0.2) is 18.2 Å². The molecule has 0 fully saturated rings. The van der Waals surface area contributed by atoms with Gasteiger partial charge in [-0.25, -0.2) is 0 Å². The van der Waals surface area contributed by atoms with E-state index in [0.717, 1.165) is 16.3 Å². The summed E-state index contributed by atoms with van der Waals surface area (Å²) in [6.45, 7) is 2.66. The average molecular weight is 215 g/mol. The highest BCUT2D eigenvalue weighted by Crippen LogP contribution is 2.19. The lowest BCUT2D eigenvalue weighted by Gasteiger charge is -2.11. The Labute approximate surface area is 88.9 Å². The number of aliphatic hydroxyl groups is 1. The second kappa shape index (κ2) is 5.20. The fraction of sp³-hybridized carbons (Fsp3) is 0.400. The van der Waals surface area contributed by atoms with E-state index in [0.29, 0.717) is 6.54 Å². The number of aliphatic hydroxyl groups excluding tert-OH is 1. The summed E-state index contributed by atoms with van der Waals surface area (Å²) in [5.74, 6) is 0. The number of hydrogen-bond donors (Lipinski definition) is 3. The fourth-order valence-electron chi connectivity index (χ4n) is 1.07. The van der Waals surface area contributed by atoms with Crippen LogP contribution in [-0.2, 0) is 0 Å². The standard InChI is InChI=1S/C10H15ClN2O/c1-7-4-8(2-3-10(7)11)13-6-9(14)5-12/h2-4,9,13-14H,5-6,12H2,1H3. The van der Waals surface area contributed by atoms with Crippen molar-refractivity contribution < 1.29 is 5.11 Å². The number of nitrogens with two attached hydrogens (primary N) is 1. The van der Waals surface area contributed by atoms with Crippen molar-refractivity contribution in [2.75, 3.05) is 18.4 Å². The summed E-state index contributed by atoms with van der Waals surface area (Å²) in [5, 5.41) is 13.0. The van der Waals surface area contributed by atoms with Crippen LogP contribution in [0.2, 0.25) is 5.02 Å². The van der Waals surface area contributed by atoms with E-state index in [1.165, 1.54) is 0 Å². The molecule has 4 N–H and O–H groups in total. The van der Waals surface area contributed by atoms with Crippen molar-refractivity contribution in [3.63, 3.8) is 0 Å². The van der Waals surface area contributed by atoms with Crippen LogP contribution in [-0.4, -0.2) is 24.3 Å². The third-order valence-electron chi connectivity index (χ3n) is 1.97. The molecule has 1 aromatic rings. The van der Waals surface area contributed by atoms with Crippen molar-refractivity contribution in [1.29, 1.82) is 0 Å². The average Bonchev–Trinajstić information content (AvgIpc) is 2.19. The molecular weight excluding hydrogens is 200 g/mol. The zero-order valence-corrected chi connectivity index (χ0v) is 8.88. The lowest BCUT2D eigenvalue weighted by atomic mass is 10.2. The van der Waals surface area contributed by atoms with Crippen molar-refractivity contribution >= 4 is 17.3 Å². The lowest BCUT2D eigenvalue weighted by Crippen LogP contribution is -2.27. The minimum atomic E-state index is -0.508. The van der Waals surface area contributed by atoms with E-state index in [-0.39, 0.29) is 6.54 Å². The molecule has 0 spiro atoms. The fourth-order valence-corrected chi connectivity index (χ4v) is 1.19. The summed E-state index contributed by atoms with van der Waals surface area (Å²) in [6, 6.07) is 5.64.